The van der Waals surface area contributed by atoms with Crippen LogP contribution in [0.5, 0.6) is 0 Å². The molecule has 8 nitrogen and oxygen atoms in total. The minimum atomic E-state index is -4.49. The summed E-state index contributed by atoms with van der Waals surface area (Å²) in [5.41, 5.74) is 0.0252. The first-order valence-corrected chi connectivity index (χ1v) is 10.4. The van der Waals surface area contributed by atoms with Crippen molar-refractivity contribution in [1.82, 2.24) is 0 Å². The molecule has 1 N–H and O–H groups in total. The number of nitrogens with one attached hydrogen (secondary N) is 1. The smallest absolute Gasteiger partial charge is 0.280 e. The first-order chi connectivity index (χ1) is 12.3. The highest BCUT2D eigenvalue weighted by Gasteiger charge is 2.27. The summed E-state index contributed by atoms with van der Waals surface area (Å²) in [7, 11) is -8.72. The van der Waals surface area contributed by atoms with Crippen LogP contribution in [0.1, 0.15) is 11.1 Å². The second-order valence-electron chi connectivity index (χ2n) is 5.67. The van der Waals surface area contributed by atoms with Gasteiger partial charge in [-0.05, 0) is 49.2 Å². The number of aryl methyl sites for hydroxylation is 2. The Balaban J connectivity index is 2.48. The summed E-state index contributed by atoms with van der Waals surface area (Å²) >= 11 is 0. The van der Waals surface area contributed by atoms with Gasteiger partial charge in [0, 0.05) is 10.6 Å². The van der Waals surface area contributed by atoms with Gasteiger partial charge in [-0.15, -0.1) is 0 Å². The molecule has 0 heterocycles. The lowest BCUT2D eigenvalue weighted by Gasteiger charge is -2.14. The van der Waals surface area contributed by atoms with Crippen molar-refractivity contribution in [3.05, 3.63) is 63.2 Å². The molecule has 2 aromatic carbocycles. The van der Waals surface area contributed by atoms with E-state index in [1.807, 2.05) is 4.72 Å². The van der Waals surface area contributed by atoms with Gasteiger partial charge in [0.1, 0.15) is 4.90 Å². The molecule has 0 spiro atoms. The Bertz CT molecular complexity index is 1110. The first-order valence-electron chi connectivity index (χ1n) is 7.28. The van der Waals surface area contributed by atoms with Crippen molar-refractivity contribution in [3.63, 3.8) is 0 Å². The highest BCUT2D eigenvalue weighted by atomic mass is 32.2. The van der Waals surface area contributed by atoms with Gasteiger partial charge in [0.15, 0.2) is 11.6 Å². The molecule has 27 heavy (non-hydrogen) atoms. The largest absolute Gasteiger partial charge is 0.305 e. The molecule has 0 unspecified atom stereocenters. The maximum atomic E-state index is 13.8. The molecule has 2 rings (SSSR count). The number of rotatable bonds is 6. The zero-order chi connectivity index (χ0) is 20.6. The number of nitro groups is 1. The number of anilines is 1. The maximum absolute atomic E-state index is 13.8. The Morgan fingerprint density at radius 2 is 1.63 bits per heavy atom. The third kappa shape index (κ3) is 4.39. The molecule has 0 fully saturated rings. The van der Waals surface area contributed by atoms with Crippen LogP contribution >= 0.6 is 0 Å². The van der Waals surface area contributed by atoms with Crippen LogP contribution in [0.2, 0.25) is 0 Å². The van der Waals surface area contributed by atoms with E-state index in [4.69, 9.17) is 0 Å². The first kappa shape index (κ1) is 20.7. The number of hydrogen-bond acceptors (Lipinski definition) is 6. The lowest BCUT2D eigenvalue weighted by atomic mass is 10.1. The van der Waals surface area contributed by atoms with Crippen LogP contribution < -0.4 is 4.72 Å². The summed E-state index contributed by atoms with van der Waals surface area (Å²) in [5.74, 6) is -4.20. The number of sulfone groups is 1. The Labute approximate surface area is 154 Å². The molecule has 146 valence electrons. The second kappa shape index (κ2) is 7.19. The monoisotopic (exact) mass is 420 g/mol. The van der Waals surface area contributed by atoms with E-state index in [1.54, 1.807) is 0 Å². The van der Waals surface area contributed by atoms with E-state index in [9.17, 15) is 35.7 Å². The van der Waals surface area contributed by atoms with Crippen LogP contribution in [0.4, 0.5) is 14.5 Å². The van der Waals surface area contributed by atoms with Crippen LogP contribution in [0.3, 0.4) is 0 Å². The average Bonchev–Trinajstić information content (AvgIpc) is 2.46. The Morgan fingerprint density at radius 1 is 1.07 bits per heavy atom. The van der Waals surface area contributed by atoms with Crippen molar-refractivity contribution >= 4 is 25.5 Å². The molecule has 0 bridgehead atoms. The molecule has 12 heteroatoms. The van der Waals surface area contributed by atoms with E-state index in [0.29, 0.717) is 0 Å². The van der Waals surface area contributed by atoms with Crippen molar-refractivity contribution in [3.8, 4) is 0 Å². The highest BCUT2D eigenvalue weighted by molar-refractivity contribution is 7.92. The molecule has 2 aromatic rings. The quantitative estimate of drug-likeness (QED) is 0.565. The van der Waals surface area contributed by atoms with Gasteiger partial charge in [0.2, 0.25) is 9.84 Å². The zero-order valence-electron chi connectivity index (χ0n) is 14.1. The molecular weight excluding hydrogens is 406 g/mol. The van der Waals surface area contributed by atoms with Crippen molar-refractivity contribution in [1.29, 1.82) is 0 Å². The fourth-order valence-electron chi connectivity index (χ4n) is 2.60. The van der Waals surface area contributed by atoms with Gasteiger partial charge in [-0.1, -0.05) is 6.07 Å². The Morgan fingerprint density at radius 3 is 2.15 bits per heavy atom. The van der Waals surface area contributed by atoms with E-state index in [-0.39, 0.29) is 21.7 Å². The standard InChI is InChI=1S/C15H14F2N2O6S2/c1-9-6-11(7-10(2)15(9)26(22,23)8-19(20)21)18-27(24,25)13-5-3-4-12(16)14(13)17/h3-7,18H,8H2,1-2H3. The number of nitrogens with zero attached hydrogens (tertiary/aromatic N) is 1. The number of hydrogen-bond donors (Lipinski definition) is 1. The maximum Gasteiger partial charge on any atom is 0.305 e. The minimum absolute atomic E-state index is 0.0641. The summed E-state index contributed by atoms with van der Waals surface area (Å²) in [6, 6.07) is 4.92. The van der Waals surface area contributed by atoms with Crippen molar-refractivity contribution in [2.24, 2.45) is 0 Å². The molecule has 0 aliphatic heterocycles. The van der Waals surface area contributed by atoms with Crippen LogP contribution in [-0.2, 0) is 19.9 Å². The predicted octanol–water partition coefficient (Wildman–Crippen LogP) is 2.39. The van der Waals surface area contributed by atoms with E-state index >= 15 is 0 Å². The van der Waals surface area contributed by atoms with Gasteiger partial charge in [-0.25, -0.2) is 25.6 Å². The molecule has 0 atom stereocenters. The molecular formula is C15H14F2N2O6S2. The Kier molecular flexibility index (Phi) is 5.52. The molecule has 0 radical (unpaired) electrons. The molecule has 0 aliphatic carbocycles. The summed E-state index contributed by atoms with van der Waals surface area (Å²) in [4.78, 5) is 8.36. The third-order valence-electron chi connectivity index (χ3n) is 3.50. The Hall–Kier alpha value is -2.60. The zero-order valence-corrected chi connectivity index (χ0v) is 15.7. The highest BCUT2D eigenvalue weighted by Crippen LogP contribution is 2.27. The van der Waals surface area contributed by atoms with Crippen molar-refractivity contribution in [2.75, 3.05) is 10.6 Å². The van der Waals surface area contributed by atoms with Gasteiger partial charge in [0.25, 0.3) is 10.0 Å². The predicted molar refractivity (Wildman–Crippen MR) is 92.1 cm³/mol. The SMILES string of the molecule is Cc1cc(NS(=O)(=O)c2cccc(F)c2F)cc(C)c1S(=O)(=O)C[N+](=O)[O-]. The number of benzene rings is 2. The molecule has 0 aromatic heterocycles. The lowest BCUT2D eigenvalue weighted by Crippen LogP contribution is -2.18. The van der Waals surface area contributed by atoms with Crippen LogP contribution in [0, 0.1) is 35.6 Å². The second-order valence-corrected chi connectivity index (χ2v) is 9.22. The van der Waals surface area contributed by atoms with Gasteiger partial charge < -0.3 is 0 Å². The van der Waals surface area contributed by atoms with Crippen LogP contribution in [-0.4, -0.2) is 27.6 Å². The van der Waals surface area contributed by atoms with Gasteiger partial charge >= 0.3 is 5.88 Å². The third-order valence-corrected chi connectivity index (χ3v) is 6.72. The number of halogens is 2. The van der Waals surface area contributed by atoms with Gasteiger partial charge in [0.05, 0.1) is 4.90 Å². The average molecular weight is 420 g/mol. The summed E-state index contributed by atoms with van der Waals surface area (Å²) in [5, 5.41) is 10.6. The lowest BCUT2D eigenvalue weighted by molar-refractivity contribution is -0.458. The van der Waals surface area contributed by atoms with Crippen LogP contribution in [0.25, 0.3) is 0 Å². The molecule has 0 saturated carbocycles. The summed E-state index contributed by atoms with van der Waals surface area (Å²) in [6.45, 7) is 2.67. The summed E-state index contributed by atoms with van der Waals surface area (Å²) < 4.78 is 77.9. The molecule has 0 aliphatic rings. The summed E-state index contributed by atoms with van der Waals surface area (Å²) in [6.07, 6.45) is 0. The van der Waals surface area contributed by atoms with Crippen molar-refractivity contribution in [2.45, 2.75) is 23.6 Å². The van der Waals surface area contributed by atoms with E-state index in [1.165, 1.54) is 13.8 Å². The van der Waals surface area contributed by atoms with E-state index in [0.717, 1.165) is 30.3 Å². The minimum Gasteiger partial charge on any atom is -0.280 e. The van der Waals surface area contributed by atoms with E-state index < -0.39 is 47.2 Å². The number of sulfonamides is 1. The van der Waals surface area contributed by atoms with Crippen molar-refractivity contribution < 1.29 is 30.5 Å². The fraction of sp³-hybridized carbons (Fsp3) is 0.200. The molecule has 0 amide bonds. The topological polar surface area (TPSA) is 123 Å². The normalized spacial score (nSPS) is 12.0. The van der Waals surface area contributed by atoms with Crippen LogP contribution in [0.15, 0.2) is 40.1 Å². The van der Waals surface area contributed by atoms with Gasteiger partial charge in [-0.2, -0.15) is 0 Å². The fourth-order valence-corrected chi connectivity index (χ4v) is 5.24. The van der Waals surface area contributed by atoms with Gasteiger partial charge in [-0.3, -0.25) is 14.8 Å². The van der Waals surface area contributed by atoms with E-state index in [2.05, 4.69) is 0 Å². The molecule has 0 saturated heterocycles.